The van der Waals surface area contributed by atoms with Gasteiger partial charge < -0.3 is 0 Å². The average molecular weight is 324 g/mol. The summed E-state index contributed by atoms with van der Waals surface area (Å²) in [6.45, 7) is 4.78. The monoisotopic (exact) mass is 322 g/mol. The van der Waals surface area contributed by atoms with E-state index in [1.807, 2.05) is 6.07 Å². The highest BCUT2D eigenvalue weighted by molar-refractivity contribution is 9.10. The molecule has 0 N–H and O–H groups in total. The van der Waals surface area contributed by atoms with E-state index < -0.39 is 8.07 Å². The predicted octanol–water partition coefficient (Wildman–Crippen LogP) is 3.91. The van der Waals surface area contributed by atoms with Crippen molar-refractivity contribution in [3.8, 4) is 11.1 Å². The molecule has 3 heteroatoms. The quantitative estimate of drug-likeness (QED) is 0.645. The van der Waals surface area contributed by atoms with Gasteiger partial charge in [-0.3, -0.25) is 0 Å². The predicted molar refractivity (Wildman–Crippen MR) is 81.3 cm³/mol. The zero-order valence-corrected chi connectivity index (χ0v) is 13.1. The van der Waals surface area contributed by atoms with Gasteiger partial charge in [0, 0.05) is 9.50 Å². The smallest absolute Gasteiger partial charge is 0.0843 e. The van der Waals surface area contributed by atoms with Gasteiger partial charge in [-0.15, -0.1) is 0 Å². The molecule has 0 bridgehead atoms. The Bertz CT molecular complexity index is 620. The molecular formula is C14H12BrClSi. The second-order valence-corrected chi connectivity index (χ2v) is 10.6. The van der Waals surface area contributed by atoms with Crippen LogP contribution in [-0.2, 0) is 0 Å². The van der Waals surface area contributed by atoms with Gasteiger partial charge in [0.1, 0.15) is 8.07 Å². The van der Waals surface area contributed by atoms with Crippen LogP contribution >= 0.6 is 27.5 Å². The highest BCUT2D eigenvalue weighted by Gasteiger charge is 2.38. The lowest BCUT2D eigenvalue weighted by Gasteiger charge is -2.18. The first kappa shape index (κ1) is 11.5. The number of benzene rings is 2. The molecular weight excluding hydrogens is 312 g/mol. The van der Waals surface area contributed by atoms with Crippen molar-refractivity contribution in [1.29, 1.82) is 0 Å². The zero-order valence-electron chi connectivity index (χ0n) is 9.72. The number of rotatable bonds is 0. The molecule has 0 fully saturated rings. The van der Waals surface area contributed by atoms with Crippen molar-refractivity contribution >= 4 is 46.0 Å². The number of halogens is 2. The van der Waals surface area contributed by atoms with Gasteiger partial charge >= 0.3 is 0 Å². The third kappa shape index (κ3) is 1.55. The highest BCUT2D eigenvalue weighted by atomic mass is 79.9. The Morgan fingerprint density at radius 3 is 2.59 bits per heavy atom. The Morgan fingerprint density at radius 1 is 1.06 bits per heavy atom. The summed E-state index contributed by atoms with van der Waals surface area (Å²) in [4.78, 5) is 0. The fraction of sp³-hybridized carbons (Fsp3) is 0.143. The third-order valence-corrected chi connectivity index (χ3v) is 8.03. The minimum absolute atomic E-state index is 0.841. The minimum atomic E-state index is -1.56. The van der Waals surface area contributed by atoms with Crippen LogP contribution < -0.4 is 10.4 Å². The molecule has 0 saturated carbocycles. The van der Waals surface area contributed by atoms with Crippen molar-refractivity contribution < 1.29 is 0 Å². The second-order valence-electron chi connectivity index (χ2n) is 4.98. The van der Waals surface area contributed by atoms with Gasteiger partial charge in [0.25, 0.3) is 0 Å². The van der Waals surface area contributed by atoms with Gasteiger partial charge in [-0.2, -0.15) is 0 Å². The Morgan fingerprint density at radius 2 is 1.82 bits per heavy atom. The summed E-state index contributed by atoms with van der Waals surface area (Å²) in [5.74, 6) is 0. The number of hydrogen-bond donors (Lipinski definition) is 0. The van der Waals surface area contributed by atoms with E-state index in [4.69, 9.17) is 11.6 Å². The molecule has 1 aliphatic rings. The van der Waals surface area contributed by atoms with Crippen LogP contribution in [0.15, 0.2) is 40.9 Å². The maximum Gasteiger partial charge on any atom is 0.113 e. The molecule has 0 spiro atoms. The van der Waals surface area contributed by atoms with E-state index in [2.05, 4.69) is 59.4 Å². The van der Waals surface area contributed by atoms with E-state index in [9.17, 15) is 0 Å². The first-order chi connectivity index (χ1) is 8.01. The van der Waals surface area contributed by atoms with E-state index in [0.717, 1.165) is 5.02 Å². The Labute approximate surface area is 116 Å². The van der Waals surface area contributed by atoms with Crippen LogP contribution in [-0.4, -0.2) is 8.07 Å². The van der Waals surface area contributed by atoms with Crippen LogP contribution in [0.3, 0.4) is 0 Å². The van der Waals surface area contributed by atoms with Gasteiger partial charge in [0.15, 0.2) is 0 Å². The van der Waals surface area contributed by atoms with Gasteiger partial charge in [0.2, 0.25) is 0 Å². The molecule has 0 saturated heterocycles. The molecule has 1 heterocycles. The lowest BCUT2D eigenvalue weighted by atomic mass is 10.1. The lowest BCUT2D eigenvalue weighted by Crippen LogP contribution is -2.49. The molecule has 2 aromatic carbocycles. The van der Waals surface area contributed by atoms with E-state index in [0.29, 0.717) is 0 Å². The molecule has 86 valence electrons. The largest absolute Gasteiger partial charge is 0.113 e. The van der Waals surface area contributed by atoms with Gasteiger partial charge in [0.05, 0.1) is 0 Å². The van der Waals surface area contributed by atoms with Gasteiger partial charge in [-0.1, -0.05) is 58.8 Å². The Hall–Kier alpha value is -0.573. The van der Waals surface area contributed by atoms with Crippen molar-refractivity contribution in [1.82, 2.24) is 0 Å². The topological polar surface area (TPSA) is 0 Å². The summed E-state index contributed by atoms with van der Waals surface area (Å²) in [6.07, 6.45) is 0. The molecule has 0 aromatic heterocycles. The first-order valence-electron chi connectivity index (χ1n) is 5.61. The highest BCUT2D eigenvalue weighted by Crippen LogP contribution is 2.34. The summed E-state index contributed by atoms with van der Waals surface area (Å²) in [7, 11) is -1.56. The molecule has 3 rings (SSSR count). The van der Waals surface area contributed by atoms with Crippen molar-refractivity contribution in [2.75, 3.05) is 0 Å². The van der Waals surface area contributed by atoms with E-state index in [-0.39, 0.29) is 0 Å². The second kappa shape index (κ2) is 3.71. The summed E-state index contributed by atoms with van der Waals surface area (Å²) in [5, 5.41) is 3.80. The van der Waals surface area contributed by atoms with Gasteiger partial charge in [-0.25, -0.2) is 0 Å². The van der Waals surface area contributed by atoms with E-state index in [1.54, 1.807) is 0 Å². The SMILES string of the molecule is C[Si]1(C)c2cc(Cl)ccc2-c2c(Br)cccc21. The molecule has 0 amide bonds. The van der Waals surface area contributed by atoms with E-state index in [1.165, 1.54) is 26.0 Å². The van der Waals surface area contributed by atoms with Crippen LogP contribution in [0.25, 0.3) is 11.1 Å². The molecule has 2 aromatic rings. The molecule has 0 aliphatic carbocycles. The standard InChI is InChI=1S/C14H12BrClSi/c1-17(2)12-5-3-4-11(15)14(12)10-7-6-9(16)8-13(10)17/h3-8H,1-2H3. The fourth-order valence-corrected chi connectivity index (χ4v) is 6.84. The maximum absolute atomic E-state index is 6.14. The third-order valence-electron chi connectivity index (χ3n) is 3.61. The van der Waals surface area contributed by atoms with Crippen molar-refractivity contribution in [2.24, 2.45) is 0 Å². The minimum Gasteiger partial charge on any atom is -0.0843 e. The summed E-state index contributed by atoms with van der Waals surface area (Å²) in [6, 6.07) is 12.8. The maximum atomic E-state index is 6.14. The fourth-order valence-electron chi connectivity index (χ4n) is 2.72. The van der Waals surface area contributed by atoms with Crippen LogP contribution in [0, 0.1) is 0 Å². The molecule has 0 nitrogen and oxygen atoms in total. The number of fused-ring (bicyclic) bond motifs is 3. The van der Waals surface area contributed by atoms with Crippen molar-refractivity contribution in [3.63, 3.8) is 0 Å². The average Bonchev–Trinajstić information content (AvgIpc) is 2.50. The summed E-state index contributed by atoms with van der Waals surface area (Å²) in [5.41, 5.74) is 2.73. The lowest BCUT2D eigenvalue weighted by molar-refractivity contribution is 1.66. The molecule has 0 unspecified atom stereocenters. The first-order valence-corrected chi connectivity index (χ1v) is 9.78. The van der Waals surface area contributed by atoms with E-state index >= 15 is 0 Å². The molecule has 0 radical (unpaired) electrons. The Balaban J connectivity index is 2.43. The van der Waals surface area contributed by atoms with Crippen molar-refractivity contribution in [3.05, 3.63) is 45.9 Å². The van der Waals surface area contributed by atoms with Crippen LogP contribution in [0.5, 0.6) is 0 Å². The Kier molecular flexibility index (Phi) is 2.51. The molecule has 1 aliphatic heterocycles. The van der Waals surface area contributed by atoms with Gasteiger partial charge in [-0.05, 0) is 39.7 Å². The van der Waals surface area contributed by atoms with Crippen molar-refractivity contribution in [2.45, 2.75) is 13.1 Å². The number of hydrogen-bond acceptors (Lipinski definition) is 0. The zero-order chi connectivity index (χ0) is 12.2. The van der Waals surface area contributed by atoms with Crippen LogP contribution in [0.4, 0.5) is 0 Å². The molecule has 0 atom stereocenters. The van der Waals surface area contributed by atoms with Crippen LogP contribution in [0.2, 0.25) is 18.1 Å². The summed E-state index contributed by atoms with van der Waals surface area (Å²) >= 11 is 9.82. The normalized spacial score (nSPS) is 15.5. The van der Waals surface area contributed by atoms with Crippen LogP contribution in [0.1, 0.15) is 0 Å². The molecule has 17 heavy (non-hydrogen) atoms. The summed E-state index contributed by atoms with van der Waals surface area (Å²) < 4.78 is 1.19.